The van der Waals surface area contributed by atoms with Gasteiger partial charge in [0.05, 0.1) is 25.4 Å². The van der Waals surface area contributed by atoms with Crippen LogP contribution in [0.15, 0.2) is 53.6 Å². The number of rotatable bonds is 11. The lowest BCUT2D eigenvalue weighted by Gasteiger charge is -2.32. The fourth-order valence-corrected chi connectivity index (χ4v) is 3.99. The van der Waals surface area contributed by atoms with Crippen LogP contribution < -0.4 is 10.1 Å². The molecule has 2 unspecified atom stereocenters. The van der Waals surface area contributed by atoms with Crippen molar-refractivity contribution in [3.63, 3.8) is 0 Å². The van der Waals surface area contributed by atoms with Crippen LogP contribution in [-0.4, -0.2) is 53.8 Å². The summed E-state index contributed by atoms with van der Waals surface area (Å²) in [5.41, 5.74) is 0.649. The number of halogens is 1. The summed E-state index contributed by atoms with van der Waals surface area (Å²) in [6.07, 6.45) is 2.93. The van der Waals surface area contributed by atoms with Gasteiger partial charge in [0.2, 0.25) is 6.17 Å². The molecule has 0 aliphatic carbocycles. The van der Waals surface area contributed by atoms with Gasteiger partial charge in [0, 0.05) is 5.02 Å². The number of benzene rings is 2. The highest BCUT2D eigenvalue weighted by atomic mass is 35.5. The van der Waals surface area contributed by atoms with Crippen molar-refractivity contribution in [2.45, 2.75) is 37.8 Å². The van der Waals surface area contributed by atoms with E-state index in [4.69, 9.17) is 16.3 Å². The van der Waals surface area contributed by atoms with Gasteiger partial charge in [-0.2, -0.15) is 10.4 Å². The molecule has 1 heterocycles. The average Bonchev–Trinajstić information content (AvgIpc) is 3.28. The van der Waals surface area contributed by atoms with Crippen molar-refractivity contribution in [1.82, 2.24) is 9.91 Å². The zero-order chi connectivity index (χ0) is 23.8. The molecule has 1 aliphatic rings. The third-order valence-corrected chi connectivity index (χ3v) is 5.93. The molecule has 0 saturated heterocycles. The van der Waals surface area contributed by atoms with Gasteiger partial charge in [-0.25, -0.2) is 4.79 Å². The van der Waals surface area contributed by atoms with Gasteiger partial charge in [-0.3, -0.25) is 5.01 Å². The summed E-state index contributed by atoms with van der Waals surface area (Å²) in [5, 5.41) is 29.8. The maximum absolute atomic E-state index is 12.0. The molecule has 33 heavy (non-hydrogen) atoms. The van der Waals surface area contributed by atoms with E-state index < -0.39 is 17.6 Å². The number of nitrogens with zero attached hydrogens (tertiary/aromatic N) is 4. The third kappa shape index (κ3) is 5.68. The zero-order valence-corrected chi connectivity index (χ0v) is 19.5. The predicted molar refractivity (Wildman–Crippen MR) is 128 cm³/mol. The quantitative estimate of drug-likeness (QED) is 0.504. The number of carboxylic acids is 1. The summed E-state index contributed by atoms with van der Waals surface area (Å²) >= 11 is 6.06. The van der Waals surface area contributed by atoms with Crippen molar-refractivity contribution in [2.24, 2.45) is 5.10 Å². The standard InChI is InChI=1S/C24H28ClN5O3/c1-3-4-13-24(14-26,18-9-11-19(25)12-10-18)15-30-17-29(16-27-30)22(23(31)32)28-20-7-5-6-8-21(20)33-2/h5-12,16,22,28H,3-4,13,15,17H2,1-2H3,(H,31,32). The van der Waals surface area contributed by atoms with Gasteiger partial charge in [0.1, 0.15) is 24.2 Å². The number of methoxy groups -OCH3 is 1. The first-order valence-electron chi connectivity index (χ1n) is 10.8. The number of aliphatic carboxylic acids is 1. The lowest BCUT2D eigenvalue weighted by Crippen LogP contribution is -2.48. The lowest BCUT2D eigenvalue weighted by molar-refractivity contribution is -0.140. The Morgan fingerprint density at radius 2 is 2.06 bits per heavy atom. The van der Waals surface area contributed by atoms with Gasteiger partial charge < -0.3 is 20.1 Å². The maximum atomic E-state index is 12.0. The molecule has 1 aliphatic heterocycles. The molecule has 0 fully saturated rings. The molecule has 174 valence electrons. The van der Waals surface area contributed by atoms with E-state index in [1.807, 2.05) is 18.2 Å². The number of anilines is 1. The Morgan fingerprint density at radius 1 is 1.33 bits per heavy atom. The van der Waals surface area contributed by atoms with Crippen molar-refractivity contribution in [1.29, 1.82) is 5.26 Å². The number of hydrogen-bond donors (Lipinski definition) is 2. The Hall–Kier alpha value is -3.44. The van der Waals surface area contributed by atoms with Crippen molar-refractivity contribution in [2.75, 3.05) is 25.6 Å². The van der Waals surface area contributed by atoms with Crippen LogP contribution in [0.1, 0.15) is 31.7 Å². The average molecular weight is 470 g/mol. The van der Waals surface area contributed by atoms with Gasteiger partial charge in [-0.15, -0.1) is 0 Å². The third-order valence-electron chi connectivity index (χ3n) is 5.67. The van der Waals surface area contributed by atoms with Gasteiger partial charge >= 0.3 is 5.97 Å². The Balaban J connectivity index is 1.78. The molecule has 0 spiro atoms. The SMILES string of the molecule is CCCCC(C#N)(CN1CN(C(Nc2ccccc2OC)C(=O)O)C=N1)c1ccc(Cl)cc1. The van der Waals surface area contributed by atoms with Gasteiger partial charge in [0.15, 0.2) is 0 Å². The molecule has 0 amide bonds. The normalized spacial score (nSPS) is 15.6. The van der Waals surface area contributed by atoms with E-state index in [0.29, 0.717) is 29.4 Å². The van der Waals surface area contributed by atoms with Gasteiger partial charge in [-0.05, 0) is 36.2 Å². The summed E-state index contributed by atoms with van der Waals surface area (Å²) in [6, 6.07) is 17.0. The van der Waals surface area contributed by atoms with Crippen LogP contribution in [-0.2, 0) is 10.2 Å². The Kier molecular flexibility index (Phi) is 8.01. The molecule has 9 heteroatoms. The minimum Gasteiger partial charge on any atom is -0.495 e. The van der Waals surface area contributed by atoms with Crippen molar-refractivity contribution in [3.05, 3.63) is 59.1 Å². The largest absolute Gasteiger partial charge is 0.495 e. The Morgan fingerprint density at radius 3 is 2.70 bits per heavy atom. The molecule has 2 aromatic carbocycles. The highest BCUT2D eigenvalue weighted by molar-refractivity contribution is 6.30. The van der Waals surface area contributed by atoms with Crippen molar-refractivity contribution < 1.29 is 14.6 Å². The van der Waals surface area contributed by atoms with E-state index in [1.165, 1.54) is 13.4 Å². The number of nitriles is 1. The summed E-state index contributed by atoms with van der Waals surface area (Å²) in [6.45, 7) is 2.64. The summed E-state index contributed by atoms with van der Waals surface area (Å²) < 4.78 is 5.32. The molecule has 3 rings (SSSR count). The monoisotopic (exact) mass is 469 g/mol. The van der Waals surface area contributed by atoms with E-state index in [1.54, 1.807) is 40.2 Å². The number of ether oxygens (including phenoxy) is 1. The summed E-state index contributed by atoms with van der Waals surface area (Å²) in [5.74, 6) is -0.507. The molecular formula is C24H28ClN5O3. The molecule has 2 N–H and O–H groups in total. The maximum Gasteiger partial charge on any atom is 0.347 e. The second kappa shape index (κ2) is 10.9. The second-order valence-corrected chi connectivity index (χ2v) is 8.38. The molecule has 8 nitrogen and oxygen atoms in total. The molecule has 0 radical (unpaired) electrons. The number of carboxylic acid groups (broad SMARTS) is 1. The van der Waals surface area contributed by atoms with Crippen LogP contribution in [0.2, 0.25) is 5.02 Å². The minimum absolute atomic E-state index is 0.224. The Labute approximate surface area is 199 Å². The van der Waals surface area contributed by atoms with Gasteiger partial charge in [0.25, 0.3) is 0 Å². The van der Waals surface area contributed by atoms with Crippen LogP contribution in [0.5, 0.6) is 5.75 Å². The minimum atomic E-state index is -1.06. The number of hydrazone groups is 1. The highest BCUT2D eigenvalue weighted by Gasteiger charge is 2.37. The molecule has 0 aromatic heterocycles. The number of para-hydroxylation sites is 2. The molecule has 0 saturated carbocycles. The van der Waals surface area contributed by atoms with E-state index >= 15 is 0 Å². The smallest absolute Gasteiger partial charge is 0.347 e. The zero-order valence-electron chi connectivity index (χ0n) is 18.7. The van der Waals surface area contributed by atoms with Crippen LogP contribution in [0.4, 0.5) is 5.69 Å². The first-order valence-corrected chi connectivity index (χ1v) is 11.1. The van der Waals surface area contributed by atoms with Crippen LogP contribution in [0.25, 0.3) is 0 Å². The number of hydrogen-bond acceptors (Lipinski definition) is 7. The van der Waals surface area contributed by atoms with Crippen LogP contribution >= 0.6 is 11.6 Å². The Bertz CT molecular complexity index is 1020. The van der Waals surface area contributed by atoms with E-state index in [9.17, 15) is 15.2 Å². The fraction of sp³-hybridized carbons (Fsp3) is 0.375. The second-order valence-electron chi connectivity index (χ2n) is 7.94. The molecular weight excluding hydrogens is 442 g/mol. The predicted octanol–water partition coefficient (Wildman–Crippen LogP) is 4.34. The van der Waals surface area contributed by atoms with Gasteiger partial charge in [-0.1, -0.05) is 55.6 Å². The molecule has 0 bridgehead atoms. The highest BCUT2D eigenvalue weighted by Crippen LogP contribution is 2.33. The number of carbonyl (C=O) groups is 1. The van der Waals surface area contributed by atoms with Crippen LogP contribution in [0.3, 0.4) is 0 Å². The lowest BCUT2D eigenvalue weighted by atomic mass is 9.77. The van der Waals surface area contributed by atoms with E-state index in [2.05, 4.69) is 23.4 Å². The first-order chi connectivity index (χ1) is 15.9. The van der Waals surface area contributed by atoms with E-state index in [0.717, 1.165) is 18.4 Å². The fourth-order valence-electron chi connectivity index (χ4n) is 3.87. The summed E-state index contributed by atoms with van der Waals surface area (Å²) in [7, 11) is 1.53. The number of nitrogens with one attached hydrogen (secondary N) is 1. The van der Waals surface area contributed by atoms with Crippen molar-refractivity contribution >= 4 is 29.6 Å². The first kappa shape index (κ1) is 24.2. The number of unbranched alkanes of at least 4 members (excludes halogenated alkanes) is 1. The topological polar surface area (TPSA) is 101 Å². The van der Waals surface area contributed by atoms with Crippen LogP contribution in [0, 0.1) is 11.3 Å². The van der Waals surface area contributed by atoms with Crippen molar-refractivity contribution in [3.8, 4) is 11.8 Å². The molecule has 2 atom stereocenters. The molecule has 2 aromatic rings. The van der Waals surface area contributed by atoms with E-state index in [-0.39, 0.29) is 6.67 Å². The summed E-state index contributed by atoms with van der Waals surface area (Å²) in [4.78, 5) is 13.6.